The molecule has 0 unspecified atom stereocenters. The number of nitrogens with zero attached hydrogens (tertiary/aromatic N) is 1. The number of thiophene rings is 1. The van der Waals surface area contributed by atoms with Crippen LogP contribution in [-0.2, 0) is 11.2 Å². The minimum atomic E-state index is -0.424. The summed E-state index contributed by atoms with van der Waals surface area (Å²) in [5.74, 6) is 0.0726. The molecule has 0 aliphatic carbocycles. The third kappa shape index (κ3) is 3.78. The van der Waals surface area contributed by atoms with Crippen molar-refractivity contribution in [1.29, 1.82) is 0 Å². The SMILES string of the molecule is COC(=O)c1ccc2c(c1)-c1cc(C(=O)N(C)c3ccc(Cl)cc3Cl)sc1CCO2. The maximum absolute atomic E-state index is 13.2. The fourth-order valence-electron chi connectivity index (χ4n) is 3.34. The summed E-state index contributed by atoms with van der Waals surface area (Å²) in [6, 6.07) is 12.0. The molecule has 1 aliphatic rings. The largest absolute Gasteiger partial charge is 0.493 e. The summed E-state index contributed by atoms with van der Waals surface area (Å²) < 4.78 is 10.7. The average molecular weight is 462 g/mol. The third-order valence-corrected chi connectivity index (χ3v) is 6.59. The molecule has 0 atom stereocenters. The Morgan fingerprint density at radius 1 is 1.10 bits per heavy atom. The van der Waals surface area contributed by atoms with E-state index in [1.165, 1.54) is 23.3 Å². The molecule has 0 radical (unpaired) electrons. The highest BCUT2D eigenvalue weighted by atomic mass is 35.5. The highest BCUT2D eigenvalue weighted by Gasteiger charge is 2.25. The van der Waals surface area contributed by atoms with E-state index < -0.39 is 5.97 Å². The number of methoxy groups -OCH3 is 1. The number of benzene rings is 2. The summed E-state index contributed by atoms with van der Waals surface area (Å²) in [6.45, 7) is 0.491. The highest BCUT2D eigenvalue weighted by Crippen LogP contribution is 2.41. The van der Waals surface area contributed by atoms with Crippen LogP contribution in [0.15, 0.2) is 42.5 Å². The van der Waals surface area contributed by atoms with Crippen LogP contribution in [0.3, 0.4) is 0 Å². The van der Waals surface area contributed by atoms with Crippen molar-refractivity contribution in [1.82, 2.24) is 0 Å². The molecule has 3 aromatic rings. The van der Waals surface area contributed by atoms with Gasteiger partial charge in [0.15, 0.2) is 0 Å². The van der Waals surface area contributed by atoms with Crippen molar-refractivity contribution in [3.63, 3.8) is 0 Å². The molecule has 0 spiro atoms. The van der Waals surface area contributed by atoms with Gasteiger partial charge in [-0.15, -0.1) is 11.3 Å². The number of ether oxygens (including phenoxy) is 2. The molecule has 1 amide bonds. The van der Waals surface area contributed by atoms with Crippen LogP contribution in [0.1, 0.15) is 24.9 Å². The molecule has 0 N–H and O–H groups in total. The first-order valence-electron chi connectivity index (χ1n) is 9.10. The smallest absolute Gasteiger partial charge is 0.337 e. The fourth-order valence-corrected chi connectivity index (χ4v) is 5.01. The minimum absolute atomic E-state index is 0.177. The van der Waals surface area contributed by atoms with Crippen molar-refractivity contribution >= 4 is 52.1 Å². The molecule has 0 saturated carbocycles. The lowest BCUT2D eigenvalue weighted by atomic mass is 10.0. The molecule has 0 bridgehead atoms. The predicted octanol–water partition coefficient (Wildman–Crippen LogP) is 5.72. The number of esters is 1. The second kappa shape index (κ2) is 8.30. The summed E-state index contributed by atoms with van der Waals surface area (Å²) >= 11 is 13.7. The van der Waals surface area contributed by atoms with Gasteiger partial charge in [-0.3, -0.25) is 4.79 Å². The number of carbonyl (C=O) groups is 2. The molecular weight excluding hydrogens is 445 g/mol. The Kier molecular flexibility index (Phi) is 5.73. The Hall–Kier alpha value is -2.54. The minimum Gasteiger partial charge on any atom is -0.493 e. The number of anilines is 1. The van der Waals surface area contributed by atoms with Gasteiger partial charge in [-0.2, -0.15) is 0 Å². The lowest BCUT2D eigenvalue weighted by Crippen LogP contribution is -2.25. The van der Waals surface area contributed by atoms with E-state index >= 15 is 0 Å². The van der Waals surface area contributed by atoms with Crippen molar-refractivity contribution in [3.8, 4) is 16.9 Å². The number of carbonyl (C=O) groups excluding carboxylic acids is 2. The second-order valence-electron chi connectivity index (χ2n) is 6.71. The van der Waals surface area contributed by atoms with Gasteiger partial charge in [0, 0.05) is 34.5 Å². The van der Waals surface area contributed by atoms with Crippen LogP contribution >= 0.6 is 34.5 Å². The number of hydrogen-bond donors (Lipinski definition) is 0. The second-order valence-corrected chi connectivity index (χ2v) is 8.69. The number of amides is 1. The first-order chi connectivity index (χ1) is 14.4. The van der Waals surface area contributed by atoms with Crippen LogP contribution in [0.4, 0.5) is 5.69 Å². The number of fused-ring (bicyclic) bond motifs is 3. The van der Waals surface area contributed by atoms with E-state index in [4.69, 9.17) is 32.7 Å². The first-order valence-corrected chi connectivity index (χ1v) is 10.7. The molecule has 5 nitrogen and oxygen atoms in total. The molecule has 1 aliphatic heterocycles. The monoisotopic (exact) mass is 461 g/mol. The number of hydrogen-bond acceptors (Lipinski definition) is 5. The van der Waals surface area contributed by atoms with Gasteiger partial charge in [-0.25, -0.2) is 4.79 Å². The Balaban J connectivity index is 1.73. The van der Waals surface area contributed by atoms with E-state index in [1.807, 2.05) is 6.07 Å². The highest BCUT2D eigenvalue weighted by molar-refractivity contribution is 7.14. The molecule has 154 valence electrons. The van der Waals surface area contributed by atoms with E-state index in [0.717, 1.165) is 16.0 Å². The maximum atomic E-state index is 13.2. The lowest BCUT2D eigenvalue weighted by molar-refractivity contribution is 0.0600. The Morgan fingerprint density at radius 3 is 2.63 bits per heavy atom. The van der Waals surface area contributed by atoms with E-state index in [2.05, 4.69) is 0 Å². The standard InChI is InChI=1S/C22H17Cl2NO4S/c1-25(17-5-4-13(23)10-16(17)24)21(26)20-11-15-14-9-12(22(27)28-2)3-6-18(14)29-8-7-19(15)30-20/h3-6,9-11H,7-8H2,1-2H3. The molecule has 8 heteroatoms. The zero-order chi connectivity index (χ0) is 21.4. The van der Waals surface area contributed by atoms with Crippen LogP contribution in [0.25, 0.3) is 11.1 Å². The average Bonchev–Trinajstić information content (AvgIpc) is 3.08. The summed E-state index contributed by atoms with van der Waals surface area (Å²) in [5, 5.41) is 0.906. The van der Waals surface area contributed by atoms with Crippen LogP contribution in [0.5, 0.6) is 5.75 Å². The summed E-state index contributed by atoms with van der Waals surface area (Å²) in [4.78, 5) is 28.2. The zero-order valence-electron chi connectivity index (χ0n) is 16.2. The van der Waals surface area contributed by atoms with Gasteiger partial charge in [0.1, 0.15) is 5.75 Å². The van der Waals surface area contributed by atoms with Gasteiger partial charge in [-0.05, 0) is 42.5 Å². The summed E-state index contributed by atoms with van der Waals surface area (Å²) in [6.07, 6.45) is 0.668. The van der Waals surface area contributed by atoms with Crippen molar-refractivity contribution in [2.75, 3.05) is 25.7 Å². The van der Waals surface area contributed by atoms with Crippen LogP contribution in [0, 0.1) is 0 Å². The molecule has 0 saturated heterocycles. The maximum Gasteiger partial charge on any atom is 0.337 e. The van der Waals surface area contributed by atoms with Crippen molar-refractivity contribution < 1.29 is 19.1 Å². The predicted molar refractivity (Wildman–Crippen MR) is 119 cm³/mol. The van der Waals surface area contributed by atoms with Gasteiger partial charge < -0.3 is 14.4 Å². The van der Waals surface area contributed by atoms with Crippen LogP contribution < -0.4 is 9.64 Å². The van der Waals surface area contributed by atoms with Gasteiger partial charge >= 0.3 is 5.97 Å². The van der Waals surface area contributed by atoms with Crippen molar-refractivity contribution in [3.05, 3.63) is 67.8 Å². The van der Waals surface area contributed by atoms with Gasteiger partial charge in [0.2, 0.25) is 0 Å². The third-order valence-electron chi connectivity index (χ3n) is 4.87. The van der Waals surface area contributed by atoms with E-state index in [9.17, 15) is 9.59 Å². The summed E-state index contributed by atoms with van der Waals surface area (Å²) in [7, 11) is 3.02. The van der Waals surface area contributed by atoms with Crippen molar-refractivity contribution in [2.45, 2.75) is 6.42 Å². The fraction of sp³-hybridized carbons (Fsp3) is 0.182. The van der Waals surface area contributed by atoms with Gasteiger partial charge in [0.05, 0.1) is 34.9 Å². The molecule has 4 rings (SSSR count). The number of halogens is 2. The molecule has 30 heavy (non-hydrogen) atoms. The first kappa shape index (κ1) is 20.7. The quantitative estimate of drug-likeness (QED) is 0.468. The summed E-state index contributed by atoms with van der Waals surface area (Å²) in [5.41, 5.74) is 2.66. The molecule has 2 heterocycles. The Bertz CT molecular complexity index is 1160. The molecule has 0 fully saturated rings. The zero-order valence-corrected chi connectivity index (χ0v) is 18.5. The van der Waals surface area contributed by atoms with E-state index in [-0.39, 0.29) is 5.91 Å². The Morgan fingerprint density at radius 2 is 1.90 bits per heavy atom. The van der Waals surface area contributed by atoms with Gasteiger partial charge in [-0.1, -0.05) is 23.2 Å². The van der Waals surface area contributed by atoms with Crippen LogP contribution in [0.2, 0.25) is 10.0 Å². The van der Waals surface area contributed by atoms with Crippen molar-refractivity contribution in [2.24, 2.45) is 0 Å². The molecule has 2 aromatic carbocycles. The van der Waals surface area contributed by atoms with Crippen LogP contribution in [-0.4, -0.2) is 32.6 Å². The normalized spacial score (nSPS) is 12.3. The Labute approximate surface area is 187 Å². The van der Waals surface area contributed by atoms with Gasteiger partial charge in [0.25, 0.3) is 5.91 Å². The number of rotatable bonds is 3. The van der Waals surface area contributed by atoms with E-state index in [1.54, 1.807) is 43.4 Å². The molecule has 1 aromatic heterocycles. The molecular formula is C22H17Cl2NO4S. The van der Waals surface area contributed by atoms with E-state index in [0.29, 0.717) is 45.0 Å². The topological polar surface area (TPSA) is 55.8 Å². The lowest BCUT2D eigenvalue weighted by Gasteiger charge is -2.18.